The van der Waals surface area contributed by atoms with Crippen LogP contribution in [0.3, 0.4) is 0 Å². The Labute approximate surface area is 202 Å². The predicted molar refractivity (Wildman–Crippen MR) is 134 cm³/mol. The van der Waals surface area contributed by atoms with E-state index in [0.717, 1.165) is 47.0 Å². The number of ether oxygens (including phenoxy) is 1. The Hall–Kier alpha value is -2.22. The van der Waals surface area contributed by atoms with Gasteiger partial charge >= 0.3 is 0 Å². The Kier molecular flexibility index (Phi) is 6.05. The average Bonchev–Trinajstić information content (AvgIpc) is 3.49. The quantitative estimate of drug-likeness (QED) is 0.465. The smallest absolute Gasteiger partial charge is 0.170 e. The maximum Gasteiger partial charge on any atom is 0.170 e. The molecule has 5 rings (SSSR count). The fourth-order valence-corrected chi connectivity index (χ4v) is 5.60. The van der Waals surface area contributed by atoms with Gasteiger partial charge in [0.05, 0.1) is 23.9 Å². The summed E-state index contributed by atoms with van der Waals surface area (Å²) >= 11 is 9.39. The summed E-state index contributed by atoms with van der Waals surface area (Å²) in [5.74, 6) is 0. The molecule has 166 valence electrons. The van der Waals surface area contributed by atoms with Gasteiger partial charge in [0.2, 0.25) is 0 Å². The number of nitrogens with zero attached hydrogens (tertiary/aromatic N) is 3. The van der Waals surface area contributed by atoms with Gasteiger partial charge in [0.15, 0.2) is 5.11 Å². The molecule has 2 aliphatic heterocycles. The van der Waals surface area contributed by atoms with Crippen molar-refractivity contribution < 1.29 is 4.74 Å². The maximum atomic E-state index is 5.97. The monoisotopic (exact) mass is 510 g/mol. The molecule has 1 aromatic carbocycles. The van der Waals surface area contributed by atoms with E-state index in [0.29, 0.717) is 0 Å². The summed E-state index contributed by atoms with van der Waals surface area (Å²) in [6.07, 6.45) is 4.27. The van der Waals surface area contributed by atoms with Crippen molar-refractivity contribution >= 4 is 33.3 Å². The highest BCUT2D eigenvalue weighted by molar-refractivity contribution is 9.10. The van der Waals surface area contributed by atoms with Crippen molar-refractivity contribution in [3.8, 4) is 5.69 Å². The zero-order valence-electron chi connectivity index (χ0n) is 18.3. The second kappa shape index (κ2) is 8.96. The fourth-order valence-electron chi connectivity index (χ4n) is 5.02. The van der Waals surface area contributed by atoms with Gasteiger partial charge in [0, 0.05) is 40.9 Å². The molecule has 0 saturated carbocycles. The molecule has 3 atom stereocenters. The van der Waals surface area contributed by atoms with E-state index in [1.807, 2.05) is 18.3 Å². The fraction of sp³-hybridized carbons (Fsp3) is 0.360. The third kappa shape index (κ3) is 3.98. The van der Waals surface area contributed by atoms with Crippen molar-refractivity contribution in [3.05, 3.63) is 81.8 Å². The number of hydrogen-bond acceptors (Lipinski definition) is 3. The first-order valence-electron chi connectivity index (χ1n) is 11.1. The van der Waals surface area contributed by atoms with Crippen LogP contribution >= 0.6 is 28.1 Å². The van der Waals surface area contributed by atoms with Gasteiger partial charge in [-0.25, -0.2) is 0 Å². The molecule has 0 spiro atoms. The van der Waals surface area contributed by atoms with E-state index in [-0.39, 0.29) is 18.2 Å². The molecule has 1 N–H and O–H groups in total. The topological polar surface area (TPSA) is 42.3 Å². The largest absolute Gasteiger partial charge is 0.376 e. The lowest BCUT2D eigenvalue weighted by Crippen LogP contribution is -2.36. The van der Waals surface area contributed by atoms with Crippen LogP contribution in [0.15, 0.2) is 59.2 Å². The van der Waals surface area contributed by atoms with Gasteiger partial charge in [0.1, 0.15) is 0 Å². The number of halogens is 1. The number of nitrogens with one attached hydrogen (secondary N) is 1. The van der Waals surface area contributed by atoms with Gasteiger partial charge in [-0.3, -0.25) is 4.98 Å². The van der Waals surface area contributed by atoms with E-state index < -0.39 is 0 Å². The molecule has 3 aromatic rings. The molecule has 0 aliphatic carbocycles. The van der Waals surface area contributed by atoms with Crippen LogP contribution in [0.1, 0.15) is 47.6 Å². The summed E-state index contributed by atoms with van der Waals surface area (Å²) in [4.78, 5) is 6.99. The van der Waals surface area contributed by atoms with Crippen molar-refractivity contribution in [2.24, 2.45) is 0 Å². The van der Waals surface area contributed by atoms with Gasteiger partial charge in [0.25, 0.3) is 0 Å². The molecular weight excluding hydrogens is 484 g/mol. The molecule has 2 fully saturated rings. The summed E-state index contributed by atoms with van der Waals surface area (Å²) in [5, 5.41) is 4.34. The van der Waals surface area contributed by atoms with Crippen molar-refractivity contribution in [2.75, 3.05) is 13.2 Å². The van der Waals surface area contributed by atoms with Crippen LogP contribution in [-0.2, 0) is 4.74 Å². The number of aromatic nitrogens is 2. The van der Waals surface area contributed by atoms with Crippen molar-refractivity contribution in [3.63, 3.8) is 0 Å². The number of rotatable bonds is 5. The first-order chi connectivity index (χ1) is 15.5. The summed E-state index contributed by atoms with van der Waals surface area (Å²) < 4.78 is 9.37. The van der Waals surface area contributed by atoms with Crippen LogP contribution in [0.5, 0.6) is 0 Å². The summed E-state index contributed by atoms with van der Waals surface area (Å²) in [7, 11) is 0. The Morgan fingerprint density at radius 2 is 2.00 bits per heavy atom. The number of pyridine rings is 1. The van der Waals surface area contributed by atoms with E-state index in [1.54, 1.807) is 0 Å². The van der Waals surface area contributed by atoms with E-state index in [9.17, 15) is 0 Å². The average molecular weight is 511 g/mol. The van der Waals surface area contributed by atoms with Crippen molar-refractivity contribution in [1.29, 1.82) is 0 Å². The van der Waals surface area contributed by atoms with Crippen LogP contribution in [0.4, 0.5) is 0 Å². The first-order valence-corrected chi connectivity index (χ1v) is 12.3. The van der Waals surface area contributed by atoms with E-state index in [4.69, 9.17) is 17.0 Å². The second-order valence-electron chi connectivity index (χ2n) is 8.55. The highest BCUT2D eigenvalue weighted by Crippen LogP contribution is 2.42. The molecule has 2 saturated heterocycles. The van der Waals surface area contributed by atoms with Crippen molar-refractivity contribution in [1.82, 2.24) is 19.8 Å². The Morgan fingerprint density at radius 3 is 2.69 bits per heavy atom. The van der Waals surface area contributed by atoms with Crippen LogP contribution < -0.4 is 5.32 Å². The van der Waals surface area contributed by atoms with Crippen LogP contribution in [0.25, 0.3) is 5.69 Å². The van der Waals surface area contributed by atoms with Gasteiger partial charge in [-0.05, 0) is 86.9 Å². The zero-order chi connectivity index (χ0) is 22.2. The molecule has 7 heteroatoms. The minimum Gasteiger partial charge on any atom is -0.376 e. The third-order valence-electron chi connectivity index (χ3n) is 6.50. The minimum atomic E-state index is -0.0102. The summed E-state index contributed by atoms with van der Waals surface area (Å²) in [6.45, 7) is 6.00. The Balaban J connectivity index is 1.58. The highest BCUT2D eigenvalue weighted by atomic mass is 79.9. The van der Waals surface area contributed by atoms with Gasteiger partial charge in [-0.15, -0.1) is 0 Å². The molecule has 0 bridgehead atoms. The highest BCUT2D eigenvalue weighted by Gasteiger charge is 2.42. The molecular formula is C25H27BrN4OS. The van der Waals surface area contributed by atoms with Crippen LogP contribution in [0, 0.1) is 13.8 Å². The first kappa shape index (κ1) is 21.6. The van der Waals surface area contributed by atoms with E-state index in [1.165, 1.54) is 17.0 Å². The summed E-state index contributed by atoms with van der Waals surface area (Å²) in [5.41, 5.74) is 5.85. The minimum absolute atomic E-state index is 0.0102. The van der Waals surface area contributed by atoms with Crippen LogP contribution in [-0.4, -0.2) is 38.8 Å². The van der Waals surface area contributed by atoms with E-state index >= 15 is 0 Å². The molecule has 0 radical (unpaired) electrons. The number of hydrogen-bond donors (Lipinski definition) is 1. The molecule has 0 amide bonds. The molecule has 2 aromatic heterocycles. The third-order valence-corrected chi connectivity index (χ3v) is 7.38. The lowest BCUT2D eigenvalue weighted by atomic mass is 9.96. The van der Waals surface area contributed by atoms with Crippen LogP contribution in [0.2, 0.25) is 0 Å². The second-order valence-corrected chi connectivity index (χ2v) is 9.85. The number of aryl methyl sites for hydroxylation is 1. The number of thiocarbonyl (C=S) groups is 1. The lowest BCUT2D eigenvalue weighted by Gasteiger charge is -2.30. The van der Waals surface area contributed by atoms with Gasteiger partial charge in [-0.2, -0.15) is 0 Å². The lowest BCUT2D eigenvalue weighted by molar-refractivity contribution is 0.0842. The van der Waals surface area contributed by atoms with Gasteiger partial charge in [-0.1, -0.05) is 22.0 Å². The molecule has 5 nitrogen and oxygen atoms in total. The normalized spacial score (nSPS) is 23.0. The standard InChI is InChI=1S/C25H27BrN4OS/c1-16-14-21(17(2)30(16)19-10-8-18(26)9-11-19)24-23(22-7-3-4-12-27-22)28-25(32)29(24)15-20-6-5-13-31-20/h3-4,7-12,14,20,23-24H,5-6,13,15H2,1-2H3,(H,28,32)/t20-,23-,24+/m0/s1. The molecule has 0 unspecified atom stereocenters. The SMILES string of the molecule is Cc1cc([C@@H]2[C@H](c3ccccn3)NC(=S)N2C[C@@H]2CCCO2)c(C)n1-c1ccc(Br)cc1. The summed E-state index contributed by atoms with van der Waals surface area (Å²) in [6, 6.07) is 16.9. The number of benzene rings is 1. The molecule has 2 aliphatic rings. The molecule has 4 heterocycles. The predicted octanol–water partition coefficient (Wildman–Crippen LogP) is 5.40. The molecule has 32 heavy (non-hydrogen) atoms. The Bertz CT molecular complexity index is 1110. The maximum absolute atomic E-state index is 5.97. The van der Waals surface area contributed by atoms with Gasteiger partial charge < -0.3 is 19.5 Å². The Morgan fingerprint density at radius 1 is 1.19 bits per heavy atom. The zero-order valence-corrected chi connectivity index (χ0v) is 20.7. The van der Waals surface area contributed by atoms with E-state index in [2.05, 4.69) is 85.9 Å². The van der Waals surface area contributed by atoms with Crippen molar-refractivity contribution in [2.45, 2.75) is 44.9 Å².